The molecule has 14 heavy (non-hydrogen) atoms. The lowest BCUT2D eigenvalue weighted by Crippen LogP contribution is -2.50. The van der Waals surface area contributed by atoms with Crippen molar-refractivity contribution in [1.82, 2.24) is 5.32 Å². The highest BCUT2D eigenvalue weighted by molar-refractivity contribution is 5.88. The maximum atomic E-state index is 11.3. The van der Waals surface area contributed by atoms with Crippen LogP contribution in [0.2, 0.25) is 0 Å². The smallest absolute Gasteiger partial charge is 0.238 e. The van der Waals surface area contributed by atoms with Crippen LogP contribution in [-0.2, 0) is 9.59 Å². The summed E-state index contributed by atoms with van der Waals surface area (Å²) in [6, 6.07) is -0.944. The van der Waals surface area contributed by atoms with Gasteiger partial charge >= 0.3 is 0 Å². The second kappa shape index (κ2) is 4.63. The van der Waals surface area contributed by atoms with Gasteiger partial charge < -0.3 is 16.8 Å². The fraction of sp³-hybridized carbons (Fsp3) is 0.556. The number of amides is 2. The minimum Gasteiger partial charge on any atom is -0.370 e. The van der Waals surface area contributed by atoms with E-state index < -0.39 is 23.4 Å². The minimum absolute atomic E-state index is 0.188. The molecule has 0 spiro atoms. The molecule has 5 N–H and O–H groups in total. The number of nitrogens with one attached hydrogen (secondary N) is 1. The molecule has 0 aromatic carbocycles. The molecule has 0 aromatic heterocycles. The van der Waals surface area contributed by atoms with Crippen molar-refractivity contribution in [1.29, 1.82) is 0 Å². The van der Waals surface area contributed by atoms with Gasteiger partial charge in [-0.3, -0.25) is 9.59 Å². The number of hydrogen-bond donors (Lipinski definition) is 3. The molecule has 5 nitrogen and oxygen atoms in total. The molecule has 0 heterocycles. The molecule has 1 unspecified atom stereocenters. The third kappa shape index (κ3) is 4.48. The Balaban J connectivity index is 4.23. The molecular weight excluding hydrogens is 182 g/mol. The average Bonchev–Trinajstić information content (AvgIpc) is 2.02. The predicted molar refractivity (Wildman–Crippen MR) is 52.8 cm³/mol. The fourth-order valence-electron chi connectivity index (χ4n) is 0.746. The van der Waals surface area contributed by atoms with Crippen molar-refractivity contribution >= 4 is 11.8 Å². The normalized spacial score (nSPS) is 12.7. The average molecular weight is 197 g/mol. The van der Waals surface area contributed by atoms with Gasteiger partial charge in [-0.25, -0.2) is 0 Å². The lowest BCUT2D eigenvalue weighted by Gasteiger charge is -2.21. The number of primary amides is 1. The number of rotatable bonds is 4. The van der Waals surface area contributed by atoms with Gasteiger partial charge in [-0.15, -0.1) is 6.42 Å². The molecular formula is C9H15N3O2. The quantitative estimate of drug-likeness (QED) is 0.489. The molecule has 0 fully saturated rings. The van der Waals surface area contributed by atoms with Crippen LogP contribution in [-0.4, -0.2) is 23.4 Å². The van der Waals surface area contributed by atoms with Crippen molar-refractivity contribution in [3.05, 3.63) is 0 Å². The monoisotopic (exact) mass is 197 g/mol. The Kier molecular flexibility index (Phi) is 4.12. The van der Waals surface area contributed by atoms with Gasteiger partial charge in [0.05, 0.1) is 18.0 Å². The highest BCUT2D eigenvalue weighted by atomic mass is 16.2. The van der Waals surface area contributed by atoms with Gasteiger partial charge in [-0.1, -0.05) is 5.92 Å². The molecule has 0 saturated heterocycles. The number of carbonyl (C=O) groups excluding carboxylic acids is 2. The van der Waals surface area contributed by atoms with Crippen molar-refractivity contribution in [2.45, 2.75) is 31.8 Å². The third-order valence-corrected chi connectivity index (χ3v) is 1.55. The molecule has 0 aliphatic heterocycles. The zero-order chi connectivity index (χ0) is 11.4. The van der Waals surface area contributed by atoms with Crippen LogP contribution in [0.1, 0.15) is 20.3 Å². The highest BCUT2D eigenvalue weighted by Crippen LogP contribution is 2.00. The molecule has 0 rings (SSSR count). The van der Waals surface area contributed by atoms with E-state index in [0.29, 0.717) is 0 Å². The summed E-state index contributed by atoms with van der Waals surface area (Å²) in [5.74, 6) is 1.28. The van der Waals surface area contributed by atoms with E-state index in [1.165, 1.54) is 0 Å². The van der Waals surface area contributed by atoms with E-state index in [2.05, 4.69) is 11.2 Å². The Morgan fingerprint density at radius 1 is 1.57 bits per heavy atom. The Hall–Kier alpha value is -1.54. The van der Waals surface area contributed by atoms with Crippen LogP contribution in [0.5, 0.6) is 0 Å². The van der Waals surface area contributed by atoms with Gasteiger partial charge in [0.1, 0.15) is 0 Å². The van der Waals surface area contributed by atoms with Gasteiger partial charge in [0.2, 0.25) is 11.8 Å². The van der Waals surface area contributed by atoms with Crippen molar-refractivity contribution in [2.75, 3.05) is 0 Å². The molecule has 0 bridgehead atoms. The van der Waals surface area contributed by atoms with Crippen LogP contribution < -0.4 is 16.8 Å². The van der Waals surface area contributed by atoms with Crippen LogP contribution in [0.3, 0.4) is 0 Å². The van der Waals surface area contributed by atoms with Gasteiger partial charge in [-0.2, -0.15) is 0 Å². The molecule has 5 heteroatoms. The first kappa shape index (κ1) is 12.5. The maximum Gasteiger partial charge on any atom is 0.238 e. The highest BCUT2D eigenvalue weighted by Gasteiger charge is 2.22. The summed E-state index contributed by atoms with van der Waals surface area (Å²) in [5, 5.41) is 2.50. The van der Waals surface area contributed by atoms with Crippen molar-refractivity contribution in [3.63, 3.8) is 0 Å². The fourth-order valence-corrected chi connectivity index (χ4v) is 0.746. The topological polar surface area (TPSA) is 98.2 Å². The minimum atomic E-state index is -0.944. The van der Waals surface area contributed by atoms with Crippen molar-refractivity contribution in [2.24, 2.45) is 11.5 Å². The first-order chi connectivity index (χ1) is 6.28. The summed E-state index contributed by atoms with van der Waals surface area (Å²) in [5.41, 5.74) is 9.52. The SMILES string of the molecule is C#CC(C)(C)NC(=O)C(N)CC(N)=O. The summed E-state index contributed by atoms with van der Waals surface area (Å²) >= 11 is 0. The predicted octanol–water partition coefficient (Wildman–Crippen LogP) is -1.28. The maximum absolute atomic E-state index is 11.3. The molecule has 0 radical (unpaired) electrons. The second-order valence-electron chi connectivity index (χ2n) is 3.54. The molecule has 1 atom stereocenters. The van der Waals surface area contributed by atoms with Gasteiger partial charge in [0.25, 0.3) is 0 Å². The van der Waals surface area contributed by atoms with Crippen LogP contribution in [0.4, 0.5) is 0 Å². The third-order valence-electron chi connectivity index (χ3n) is 1.55. The van der Waals surface area contributed by atoms with Gasteiger partial charge in [-0.05, 0) is 13.8 Å². The van der Waals surface area contributed by atoms with E-state index in [4.69, 9.17) is 17.9 Å². The molecule has 2 amide bonds. The molecule has 78 valence electrons. The number of carbonyl (C=O) groups is 2. The zero-order valence-corrected chi connectivity index (χ0v) is 8.33. The summed E-state index contributed by atoms with van der Waals surface area (Å²) in [6.45, 7) is 3.31. The van der Waals surface area contributed by atoms with E-state index in [0.717, 1.165) is 0 Å². The Morgan fingerprint density at radius 2 is 2.07 bits per heavy atom. The van der Waals surface area contributed by atoms with Gasteiger partial charge in [0.15, 0.2) is 0 Å². The number of nitrogens with two attached hydrogens (primary N) is 2. The van der Waals surface area contributed by atoms with Gasteiger partial charge in [0, 0.05) is 0 Å². The summed E-state index contributed by atoms with van der Waals surface area (Å²) in [4.78, 5) is 21.8. The first-order valence-corrected chi connectivity index (χ1v) is 4.12. The standard InChI is InChI=1S/C9H15N3O2/c1-4-9(2,3)12-8(14)6(10)5-7(11)13/h1,6H,5,10H2,2-3H3,(H2,11,13)(H,12,14). The van der Waals surface area contributed by atoms with E-state index in [1.807, 2.05) is 0 Å². The van der Waals surface area contributed by atoms with Crippen LogP contribution in [0.15, 0.2) is 0 Å². The van der Waals surface area contributed by atoms with E-state index in [9.17, 15) is 9.59 Å². The largest absolute Gasteiger partial charge is 0.370 e. The first-order valence-electron chi connectivity index (χ1n) is 4.12. The lowest BCUT2D eigenvalue weighted by molar-refractivity contribution is -0.127. The van der Waals surface area contributed by atoms with Crippen molar-refractivity contribution < 1.29 is 9.59 Å². The lowest BCUT2D eigenvalue weighted by atomic mass is 10.1. The molecule has 0 aromatic rings. The number of terminal acetylenes is 1. The summed E-state index contributed by atoms with van der Waals surface area (Å²) in [7, 11) is 0. The Labute approximate surface area is 83.2 Å². The second-order valence-corrected chi connectivity index (χ2v) is 3.54. The van der Waals surface area contributed by atoms with Crippen LogP contribution in [0.25, 0.3) is 0 Å². The molecule has 0 saturated carbocycles. The molecule has 0 aliphatic rings. The van der Waals surface area contributed by atoms with E-state index in [1.54, 1.807) is 13.8 Å². The van der Waals surface area contributed by atoms with E-state index >= 15 is 0 Å². The van der Waals surface area contributed by atoms with Crippen LogP contribution >= 0.6 is 0 Å². The zero-order valence-electron chi connectivity index (χ0n) is 8.33. The Bertz CT molecular complexity index is 278. The Morgan fingerprint density at radius 3 is 2.43 bits per heavy atom. The van der Waals surface area contributed by atoms with Crippen LogP contribution in [0, 0.1) is 12.3 Å². The summed E-state index contributed by atoms with van der Waals surface area (Å²) in [6.07, 6.45) is 4.97. The van der Waals surface area contributed by atoms with Crippen molar-refractivity contribution in [3.8, 4) is 12.3 Å². The molecule has 0 aliphatic carbocycles. The van der Waals surface area contributed by atoms with E-state index in [-0.39, 0.29) is 6.42 Å². The number of hydrogen-bond acceptors (Lipinski definition) is 3. The summed E-state index contributed by atoms with van der Waals surface area (Å²) < 4.78 is 0.